The van der Waals surface area contributed by atoms with E-state index in [0.29, 0.717) is 5.13 Å². The van der Waals surface area contributed by atoms with Crippen molar-refractivity contribution in [3.05, 3.63) is 39.4 Å². The zero-order valence-corrected chi connectivity index (χ0v) is 10.4. The van der Waals surface area contributed by atoms with E-state index in [1.807, 2.05) is 6.92 Å². The highest BCUT2D eigenvalue weighted by molar-refractivity contribution is 8.00. The number of anilines is 1. The zero-order valence-electron chi connectivity index (χ0n) is 8.78. The van der Waals surface area contributed by atoms with Gasteiger partial charge in [0.25, 0.3) is 5.69 Å². The molecule has 0 saturated heterocycles. The lowest BCUT2D eigenvalue weighted by Crippen LogP contribution is -1.88. The van der Waals surface area contributed by atoms with Crippen molar-refractivity contribution < 1.29 is 4.92 Å². The molecule has 1 aromatic heterocycles. The Morgan fingerprint density at radius 1 is 1.35 bits per heavy atom. The summed E-state index contributed by atoms with van der Waals surface area (Å²) in [5, 5.41) is 19.8. The monoisotopic (exact) mass is 268 g/mol. The molecule has 17 heavy (non-hydrogen) atoms. The van der Waals surface area contributed by atoms with E-state index in [9.17, 15) is 10.1 Å². The van der Waals surface area contributed by atoms with Crippen LogP contribution in [0.2, 0.25) is 0 Å². The Hall–Kier alpha value is -1.67. The normalized spacial score (nSPS) is 10.2. The zero-order chi connectivity index (χ0) is 12.3. The molecule has 0 bridgehead atoms. The molecule has 0 aliphatic carbocycles. The first-order chi connectivity index (χ1) is 8.15. The third-order valence-electron chi connectivity index (χ3n) is 1.83. The molecule has 1 heterocycles. The van der Waals surface area contributed by atoms with Crippen molar-refractivity contribution in [3.8, 4) is 0 Å². The van der Waals surface area contributed by atoms with Crippen LogP contribution in [0.4, 0.5) is 10.8 Å². The molecule has 1 aromatic carbocycles. The smallest absolute Gasteiger partial charge is 0.269 e. The SMILES string of the molecule is Cc1nnc(NSc2ccc([N+](=O)[O-])cc2)s1. The predicted molar refractivity (Wildman–Crippen MR) is 67.2 cm³/mol. The summed E-state index contributed by atoms with van der Waals surface area (Å²) in [6.45, 7) is 1.87. The number of nitrogens with one attached hydrogen (secondary N) is 1. The Morgan fingerprint density at radius 3 is 2.59 bits per heavy atom. The van der Waals surface area contributed by atoms with Gasteiger partial charge in [0.2, 0.25) is 5.13 Å². The summed E-state index contributed by atoms with van der Waals surface area (Å²) in [5.41, 5.74) is 0.0844. The van der Waals surface area contributed by atoms with Crippen molar-refractivity contribution in [2.45, 2.75) is 11.8 Å². The topological polar surface area (TPSA) is 81.0 Å². The highest BCUT2D eigenvalue weighted by Gasteiger charge is 2.05. The molecule has 2 aromatic rings. The number of aryl methyl sites for hydroxylation is 1. The molecular formula is C9H8N4O2S2. The van der Waals surface area contributed by atoms with E-state index in [1.54, 1.807) is 12.1 Å². The van der Waals surface area contributed by atoms with E-state index in [4.69, 9.17) is 0 Å². The molecule has 0 amide bonds. The van der Waals surface area contributed by atoms with Crippen LogP contribution in [0.1, 0.15) is 5.01 Å². The Morgan fingerprint density at radius 2 is 2.06 bits per heavy atom. The van der Waals surface area contributed by atoms with Crippen LogP contribution in [0.15, 0.2) is 29.2 Å². The number of hydrogen-bond donors (Lipinski definition) is 1. The first-order valence-corrected chi connectivity index (χ1v) is 6.26. The van der Waals surface area contributed by atoms with E-state index >= 15 is 0 Å². The van der Waals surface area contributed by atoms with Crippen molar-refractivity contribution in [3.63, 3.8) is 0 Å². The molecule has 0 fully saturated rings. The van der Waals surface area contributed by atoms with Crippen LogP contribution in [-0.2, 0) is 0 Å². The summed E-state index contributed by atoms with van der Waals surface area (Å²) in [7, 11) is 0. The lowest BCUT2D eigenvalue weighted by atomic mass is 10.3. The van der Waals surface area contributed by atoms with Gasteiger partial charge in [0, 0.05) is 17.0 Å². The van der Waals surface area contributed by atoms with Gasteiger partial charge in [-0.1, -0.05) is 11.3 Å². The maximum Gasteiger partial charge on any atom is 0.269 e. The van der Waals surface area contributed by atoms with Gasteiger partial charge >= 0.3 is 0 Å². The molecular weight excluding hydrogens is 260 g/mol. The van der Waals surface area contributed by atoms with E-state index in [-0.39, 0.29) is 5.69 Å². The molecule has 2 rings (SSSR count). The lowest BCUT2D eigenvalue weighted by molar-refractivity contribution is -0.384. The first kappa shape index (κ1) is 11.8. The number of nitrogens with zero attached hydrogens (tertiary/aromatic N) is 3. The Labute approximate surface area is 105 Å². The van der Waals surface area contributed by atoms with Gasteiger partial charge in [0.1, 0.15) is 5.01 Å². The molecule has 1 N–H and O–H groups in total. The van der Waals surface area contributed by atoms with Crippen molar-refractivity contribution in [2.75, 3.05) is 4.72 Å². The van der Waals surface area contributed by atoms with Crippen LogP contribution in [-0.4, -0.2) is 15.1 Å². The predicted octanol–water partition coefficient (Wildman–Crippen LogP) is 2.87. The van der Waals surface area contributed by atoms with Crippen molar-refractivity contribution in [1.29, 1.82) is 0 Å². The molecule has 0 radical (unpaired) electrons. The van der Waals surface area contributed by atoms with Gasteiger partial charge in [-0.25, -0.2) is 0 Å². The Kier molecular flexibility index (Phi) is 3.55. The van der Waals surface area contributed by atoms with Gasteiger partial charge in [-0.3, -0.25) is 10.1 Å². The fourth-order valence-electron chi connectivity index (χ4n) is 1.08. The lowest BCUT2D eigenvalue weighted by Gasteiger charge is -2.00. The number of non-ortho nitro benzene ring substituents is 1. The summed E-state index contributed by atoms with van der Waals surface area (Å²) in [4.78, 5) is 10.9. The molecule has 88 valence electrons. The van der Waals surface area contributed by atoms with Crippen molar-refractivity contribution in [2.24, 2.45) is 0 Å². The van der Waals surface area contributed by atoms with Crippen LogP contribution in [0.25, 0.3) is 0 Å². The van der Waals surface area contributed by atoms with Crippen molar-refractivity contribution in [1.82, 2.24) is 10.2 Å². The Bertz CT molecular complexity index is 526. The van der Waals surface area contributed by atoms with E-state index in [2.05, 4.69) is 14.9 Å². The third kappa shape index (κ3) is 3.14. The second-order valence-corrected chi connectivity index (χ2v) is 5.14. The number of nitro groups is 1. The number of nitro benzene ring substituents is 1. The van der Waals surface area contributed by atoms with Gasteiger partial charge in [-0.2, -0.15) is 0 Å². The van der Waals surface area contributed by atoms with Crippen LogP contribution < -0.4 is 4.72 Å². The summed E-state index contributed by atoms with van der Waals surface area (Å²) >= 11 is 2.80. The molecule has 0 unspecified atom stereocenters. The molecule has 0 atom stereocenters. The van der Waals surface area contributed by atoms with Gasteiger partial charge in [0.05, 0.1) is 4.92 Å². The largest absolute Gasteiger partial charge is 0.300 e. The highest BCUT2D eigenvalue weighted by Crippen LogP contribution is 2.24. The van der Waals surface area contributed by atoms with Gasteiger partial charge in [-0.15, -0.1) is 10.2 Å². The maximum absolute atomic E-state index is 10.5. The minimum absolute atomic E-state index is 0.0844. The maximum atomic E-state index is 10.5. The van der Waals surface area contributed by atoms with E-state index in [0.717, 1.165) is 9.90 Å². The average Bonchev–Trinajstić information content (AvgIpc) is 2.73. The van der Waals surface area contributed by atoms with Gasteiger partial charge in [-0.05, 0) is 31.0 Å². The third-order valence-corrected chi connectivity index (χ3v) is 3.52. The summed E-state index contributed by atoms with van der Waals surface area (Å²) in [6, 6.07) is 6.30. The summed E-state index contributed by atoms with van der Waals surface area (Å²) in [5.74, 6) is 0. The second kappa shape index (κ2) is 5.11. The van der Waals surface area contributed by atoms with E-state index in [1.165, 1.54) is 35.4 Å². The molecule has 0 aliphatic rings. The Balaban J connectivity index is 1.97. The number of benzene rings is 1. The fourth-order valence-corrected chi connectivity index (χ4v) is 2.33. The molecule has 0 aliphatic heterocycles. The number of hydrogen-bond acceptors (Lipinski definition) is 7. The number of aromatic nitrogens is 2. The standard InChI is InChI=1S/C9H8N4O2S2/c1-6-10-11-9(16-6)12-17-8-4-2-7(3-5-8)13(14)15/h2-5H,1H3,(H,11,12). The minimum atomic E-state index is -0.421. The first-order valence-electron chi connectivity index (χ1n) is 4.62. The van der Waals surface area contributed by atoms with Gasteiger partial charge < -0.3 is 4.72 Å². The minimum Gasteiger partial charge on any atom is -0.300 e. The van der Waals surface area contributed by atoms with E-state index < -0.39 is 4.92 Å². The number of rotatable bonds is 4. The average molecular weight is 268 g/mol. The van der Waals surface area contributed by atoms with Crippen LogP contribution in [0.3, 0.4) is 0 Å². The second-order valence-electron chi connectivity index (χ2n) is 3.08. The van der Waals surface area contributed by atoms with Gasteiger partial charge in [0.15, 0.2) is 0 Å². The van der Waals surface area contributed by atoms with Crippen LogP contribution >= 0.6 is 23.3 Å². The summed E-state index contributed by atoms with van der Waals surface area (Å²) < 4.78 is 3.02. The van der Waals surface area contributed by atoms with Crippen molar-refractivity contribution >= 4 is 34.1 Å². The fraction of sp³-hybridized carbons (Fsp3) is 0.111. The molecule has 0 saturated carbocycles. The van der Waals surface area contributed by atoms with Crippen LogP contribution in [0.5, 0.6) is 0 Å². The molecule has 8 heteroatoms. The quantitative estimate of drug-likeness (QED) is 0.521. The highest BCUT2D eigenvalue weighted by atomic mass is 32.2. The summed E-state index contributed by atoms with van der Waals surface area (Å²) in [6.07, 6.45) is 0. The molecule has 0 spiro atoms. The molecule has 6 nitrogen and oxygen atoms in total. The van der Waals surface area contributed by atoms with Crippen LogP contribution in [0, 0.1) is 17.0 Å².